The minimum Gasteiger partial charge on any atom is -0.477 e. The number of carboxylic acid groups (broad SMARTS) is 1. The SMILES string of the molecule is CCCCCc1nc(Nc2ccc(C(=O)N3CC4CCC(C3)N4)cn2)nc2[nH]c(C(=O)O)cc12.CNC. The molecule has 37 heavy (non-hydrogen) atoms. The van der Waals surface area contributed by atoms with Crippen molar-refractivity contribution in [2.24, 2.45) is 0 Å². The first-order valence-electron chi connectivity index (χ1n) is 12.9. The van der Waals surface area contributed by atoms with Gasteiger partial charge in [0.25, 0.3) is 5.91 Å². The lowest BCUT2D eigenvalue weighted by Gasteiger charge is -2.32. The van der Waals surface area contributed by atoms with Gasteiger partial charge in [-0.2, -0.15) is 4.98 Å². The lowest BCUT2D eigenvalue weighted by atomic mass is 10.1. The summed E-state index contributed by atoms with van der Waals surface area (Å²) in [6.07, 6.45) is 7.65. The van der Waals surface area contributed by atoms with E-state index in [1.807, 2.05) is 19.0 Å². The second-order valence-corrected chi connectivity index (χ2v) is 9.61. The number of piperazine rings is 1. The van der Waals surface area contributed by atoms with Gasteiger partial charge in [0.05, 0.1) is 11.3 Å². The number of rotatable bonds is 8. The molecule has 11 heteroatoms. The summed E-state index contributed by atoms with van der Waals surface area (Å²) < 4.78 is 0. The van der Waals surface area contributed by atoms with Crippen LogP contribution in [0.25, 0.3) is 11.0 Å². The van der Waals surface area contributed by atoms with Gasteiger partial charge in [0.1, 0.15) is 17.2 Å². The largest absolute Gasteiger partial charge is 0.477 e. The first-order valence-corrected chi connectivity index (χ1v) is 12.9. The van der Waals surface area contributed by atoms with Crippen LogP contribution in [0, 0.1) is 0 Å². The molecule has 2 fully saturated rings. The van der Waals surface area contributed by atoms with E-state index in [0.717, 1.165) is 62.7 Å². The second kappa shape index (κ2) is 12.1. The summed E-state index contributed by atoms with van der Waals surface area (Å²) in [5.41, 5.74) is 1.91. The highest BCUT2D eigenvalue weighted by Gasteiger charge is 2.34. The first-order chi connectivity index (χ1) is 17.9. The number of anilines is 2. The van der Waals surface area contributed by atoms with Crippen LogP contribution in [0.1, 0.15) is 65.6 Å². The zero-order valence-corrected chi connectivity index (χ0v) is 21.7. The molecular weight excluding hydrogens is 472 g/mol. The first kappa shape index (κ1) is 26.5. The number of aromatic amines is 1. The van der Waals surface area contributed by atoms with Gasteiger partial charge in [-0.3, -0.25) is 4.79 Å². The number of carboxylic acids is 1. The number of amides is 1. The van der Waals surface area contributed by atoms with Gasteiger partial charge in [0.15, 0.2) is 0 Å². The van der Waals surface area contributed by atoms with Crippen LogP contribution >= 0.6 is 0 Å². The standard InChI is InChI=1S/C24H29N7O3.C2H7N/c1-2-3-4-5-18-17-10-19(23(33)34)27-21(17)30-24(28-18)29-20-9-6-14(11-25-20)22(32)31-12-15-7-8-16(13-31)26-15;1-3-2/h6,9-11,15-16,26H,2-5,7-8,12-13H2,1H3,(H,33,34)(H2,25,27,28,29,30);3H,1-2H3. The molecule has 2 aliphatic rings. The predicted molar refractivity (Wildman–Crippen MR) is 142 cm³/mol. The number of nitrogens with one attached hydrogen (secondary N) is 4. The monoisotopic (exact) mass is 508 g/mol. The molecule has 0 saturated carbocycles. The molecule has 0 aromatic carbocycles. The number of carbonyl (C=O) groups is 2. The van der Waals surface area contributed by atoms with Crippen molar-refractivity contribution >= 4 is 34.7 Å². The molecular formula is C26H36N8O3. The number of fused-ring (bicyclic) bond motifs is 3. The van der Waals surface area contributed by atoms with Gasteiger partial charge in [-0.15, -0.1) is 0 Å². The molecule has 3 aromatic heterocycles. The van der Waals surface area contributed by atoms with Crippen molar-refractivity contribution in [3.05, 3.63) is 41.3 Å². The molecule has 3 aromatic rings. The maximum atomic E-state index is 12.9. The molecule has 198 valence electrons. The van der Waals surface area contributed by atoms with Crippen molar-refractivity contribution in [3.8, 4) is 0 Å². The van der Waals surface area contributed by atoms with Crippen LogP contribution in [0.5, 0.6) is 0 Å². The van der Waals surface area contributed by atoms with Gasteiger partial charge < -0.3 is 30.9 Å². The van der Waals surface area contributed by atoms with Gasteiger partial charge in [-0.05, 0) is 58.0 Å². The molecule has 0 radical (unpaired) electrons. The summed E-state index contributed by atoms with van der Waals surface area (Å²) >= 11 is 0. The lowest BCUT2D eigenvalue weighted by Crippen LogP contribution is -2.53. The number of hydrogen-bond donors (Lipinski definition) is 5. The molecule has 2 bridgehead atoms. The van der Waals surface area contributed by atoms with Crippen molar-refractivity contribution in [2.75, 3.05) is 32.5 Å². The Morgan fingerprint density at radius 1 is 1.14 bits per heavy atom. The molecule has 2 unspecified atom stereocenters. The van der Waals surface area contributed by atoms with Crippen molar-refractivity contribution in [3.63, 3.8) is 0 Å². The van der Waals surface area contributed by atoms with Gasteiger partial charge >= 0.3 is 5.97 Å². The summed E-state index contributed by atoms with van der Waals surface area (Å²) in [6, 6.07) is 5.88. The van der Waals surface area contributed by atoms with Gasteiger partial charge in [0.2, 0.25) is 5.95 Å². The molecule has 2 aliphatic heterocycles. The molecule has 5 heterocycles. The molecule has 2 saturated heterocycles. The van der Waals surface area contributed by atoms with Crippen molar-refractivity contribution in [2.45, 2.75) is 57.5 Å². The molecule has 0 aliphatic carbocycles. The van der Waals surface area contributed by atoms with Crippen LogP contribution in [0.15, 0.2) is 24.4 Å². The number of unbranched alkanes of at least 4 members (excludes halogenated alkanes) is 2. The van der Waals surface area contributed by atoms with Gasteiger partial charge in [0, 0.05) is 36.8 Å². The fourth-order valence-corrected chi connectivity index (χ4v) is 4.83. The summed E-state index contributed by atoms with van der Waals surface area (Å²) in [7, 11) is 3.75. The Morgan fingerprint density at radius 3 is 2.49 bits per heavy atom. The average molecular weight is 509 g/mol. The average Bonchev–Trinajstić information content (AvgIpc) is 3.47. The fourth-order valence-electron chi connectivity index (χ4n) is 4.83. The van der Waals surface area contributed by atoms with Crippen molar-refractivity contribution in [1.29, 1.82) is 0 Å². The number of hydrogen-bond acceptors (Lipinski definition) is 8. The van der Waals surface area contributed by atoms with E-state index in [1.54, 1.807) is 24.4 Å². The highest BCUT2D eigenvalue weighted by Crippen LogP contribution is 2.24. The quantitative estimate of drug-likeness (QED) is 0.290. The maximum absolute atomic E-state index is 12.9. The summed E-state index contributed by atoms with van der Waals surface area (Å²) in [5, 5.41) is 19.5. The van der Waals surface area contributed by atoms with E-state index in [2.05, 4.69) is 42.8 Å². The molecule has 1 amide bonds. The number of pyridine rings is 1. The Kier molecular flexibility index (Phi) is 8.67. The zero-order chi connectivity index (χ0) is 26.4. The number of carbonyl (C=O) groups excluding carboxylic acids is 1. The van der Waals surface area contributed by atoms with Crippen LogP contribution < -0.4 is 16.0 Å². The Bertz CT molecular complexity index is 1210. The molecule has 0 spiro atoms. The van der Waals surface area contributed by atoms with Crippen molar-refractivity contribution in [1.82, 2.24) is 35.5 Å². The number of nitrogens with zero attached hydrogens (tertiary/aromatic N) is 4. The Balaban J connectivity index is 0.00000102. The Labute approximate surface area is 216 Å². The lowest BCUT2D eigenvalue weighted by molar-refractivity contribution is 0.0685. The molecule has 5 N–H and O–H groups in total. The van der Waals surface area contributed by atoms with E-state index < -0.39 is 5.97 Å². The van der Waals surface area contributed by atoms with Crippen LogP contribution in [0.2, 0.25) is 0 Å². The van der Waals surface area contributed by atoms with E-state index in [1.165, 1.54) is 0 Å². The number of aromatic carboxylic acids is 1. The van der Waals surface area contributed by atoms with Gasteiger partial charge in [-0.1, -0.05) is 19.8 Å². The second-order valence-electron chi connectivity index (χ2n) is 9.61. The normalized spacial score (nSPS) is 18.4. The minimum atomic E-state index is -1.04. The van der Waals surface area contributed by atoms with Crippen LogP contribution in [0.3, 0.4) is 0 Å². The van der Waals surface area contributed by atoms with E-state index in [0.29, 0.717) is 35.1 Å². The van der Waals surface area contributed by atoms with Crippen molar-refractivity contribution < 1.29 is 14.7 Å². The third kappa shape index (κ3) is 6.41. The Hall–Kier alpha value is -3.57. The third-order valence-corrected chi connectivity index (χ3v) is 6.57. The summed E-state index contributed by atoms with van der Waals surface area (Å²) in [4.78, 5) is 42.6. The topological polar surface area (TPSA) is 148 Å². The van der Waals surface area contributed by atoms with Crippen LogP contribution in [-0.4, -0.2) is 81.1 Å². The predicted octanol–water partition coefficient (Wildman–Crippen LogP) is 2.94. The number of aromatic nitrogens is 4. The van der Waals surface area contributed by atoms with E-state index in [9.17, 15) is 14.7 Å². The smallest absolute Gasteiger partial charge is 0.352 e. The molecule has 2 atom stereocenters. The highest BCUT2D eigenvalue weighted by molar-refractivity contribution is 5.95. The maximum Gasteiger partial charge on any atom is 0.352 e. The summed E-state index contributed by atoms with van der Waals surface area (Å²) in [6.45, 7) is 3.60. The fraction of sp³-hybridized carbons (Fsp3) is 0.500. The van der Waals surface area contributed by atoms with Crippen LogP contribution in [-0.2, 0) is 6.42 Å². The number of likely N-dealkylation sites (tertiary alicyclic amines) is 1. The van der Waals surface area contributed by atoms with E-state index in [-0.39, 0.29) is 11.6 Å². The van der Waals surface area contributed by atoms with E-state index >= 15 is 0 Å². The highest BCUT2D eigenvalue weighted by atomic mass is 16.4. The number of aryl methyl sites for hydroxylation is 1. The number of H-pyrrole nitrogens is 1. The summed E-state index contributed by atoms with van der Waals surface area (Å²) in [5.74, 6) is -0.184. The Morgan fingerprint density at radius 2 is 1.86 bits per heavy atom. The van der Waals surface area contributed by atoms with Gasteiger partial charge in [-0.25, -0.2) is 14.8 Å². The third-order valence-electron chi connectivity index (χ3n) is 6.57. The molecule has 11 nitrogen and oxygen atoms in total. The molecule has 5 rings (SSSR count). The van der Waals surface area contributed by atoms with E-state index in [4.69, 9.17) is 0 Å². The van der Waals surface area contributed by atoms with Crippen LogP contribution in [0.4, 0.5) is 11.8 Å². The zero-order valence-electron chi connectivity index (χ0n) is 21.7. The minimum absolute atomic E-state index is 0.000848.